The lowest BCUT2D eigenvalue weighted by molar-refractivity contribution is -0.130. The molecule has 0 radical (unpaired) electrons. The standard InChI is InChI=1S/C14H22N2O2/c1-4-16(14(17)9-15)10-12-5-7-13(8-6-12)18-11(2)3/h5-8,11H,4,9-10,15H2,1-3H3. The van der Waals surface area contributed by atoms with Crippen LogP contribution in [-0.4, -0.2) is 30.0 Å². The first-order chi connectivity index (χ1) is 8.56. The fourth-order valence-corrected chi connectivity index (χ4v) is 1.67. The van der Waals surface area contributed by atoms with Crippen LogP contribution in [0.3, 0.4) is 0 Å². The summed E-state index contributed by atoms with van der Waals surface area (Å²) in [7, 11) is 0. The molecule has 0 heterocycles. The molecule has 0 aliphatic heterocycles. The topological polar surface area (TPSA) is 55.6 Å². The number of likely N-dealkylation sites (N-methyl/N-ethyl adjacent to an activating group) is 1. The van der Waals surface area contributed by atoms with Crippen molar-refractivity contribution in [1.29, 1.82) is 0 Å². The van der Waals surface area contributed by atoms with E-state index in [0.717, 1.165) is 11.3 Å². The SMILES string of the molecule is CCN(Cc1ccc(OC(C)C)cc1)C(=O)CN. The third kappa shape index (κ3) is 4.37. The highest BCUT2D eigenvalue weighted by molar-refractivity contribution is 5.77. The number of hydrogen-bond donors (Lipinski definition) is 1. The molecule has 0 fully saturated rings. The van der Waals surface area contributed by atoms with Crippen LogP contribution in [0.1, 0.15) is 26.3 Å². The van der Waals surface area contributed by atoms with Gasteiger partial charge in [0.2, 0.25) is 5.91 Å². The number of carbonyl (C=O) groups excluding carboxylic acids is 1. The molecule has 1 aromatic rings. The molecule has 0 atom stereocenters. The van der Waals surface area contributed by atoms with Gasteiger partial charge in [0, 0.05) is 13.1 Å². The van der Waals surface area contributed by atoms with Crippen molar-refractivity contribution < 1.29 is 9.53 Å². The first-order valence-electron chi connectivity index (χ1n) is 6.30. The van der Waals surface area contributed by atoms with Crippen LogP contribution in [0.2, 0.25) is 0 Å². The normalized spacial score (nSPS) is 10.5. The van der Waals surface area contributed by atoms with Crippen molar-refractivity contribution in [3.05, 3.63) is 29.8 Å². The Hall–Kier alpha value is -1.55. The molecule has 0 saturated carbocycles. The maximum Gasteiger partial charge on any atom is 0.236 e. The summed E-state index contributed by atoms with van der Waals surface area (Å²) in [5, 5.41) is 0. The Labute approximate surface area is 109 Å². The average Bonchev–Trinajstić information content (AvgIpc) is 2.36. The summed E-state index contributed by atoms with van der Waals surface area (Å²) in [6.07, 6.45) is 0.168. The minimum atomic E-state index is -0.0278. The molecule has 0 unspecified atom stereocenters. The molecular formula is C14H22N2O2. The summed E-state index contributed by atoms with van der Waals surface area (Å²) in [4.78, 5) is 13.3. The molecule has 4 heteroatoms. The Bertz CT molecular complexity index is 374. The highest BCUT2D eigenvalue weighted by Crippen LogP contribution is 2.15. The van der Waals surface area contributed by atoms with Gasteiger partial charge < -0.3 is 15.4 Å². The minimum Gasteiger partial charge on any atom is -0.491 e. The summed E-state index contributed by atoms with van der Waals surface area (Å²) in [5.41, 5.74) is 6.45. The van der Waals surface area contributed by atoms with Crippen LogP contribution in [0.5, 0.6) is 5.75 Å². The molecule has 18 heavy (non-hydrogen) atoms. The van der Waals surface area contributed by atoms with Crippen LogP contribution >= 0.6 is 0 Å². The van der Waals surface area contributed by atoms with Crippen molar-refractivity contribution in [3.8, 4) is 5.75 Å². The highest BCUT2D eigenvalue weighted by Gasteiger charge is 2.09. The van der Waals surface area contributed by atoms with Crippen LogP contribution in [0, 0.1) is 0 Å². The first kappa shape index (κ1) is 14.5. The van der Waals surface area contributed by atoms with E-state index in [4.69, 9.17) is 10.5 Å². The number of ether oxygens (including phenoxy) is 1. The summed E-state index contributed by atoms with van der Waals surface area (Å²) in [6.45, 7) is 7.25. The lowest BCUT2D eigenvalue weighted by Gasteiger charge is -2.20. The second-order valence-corrected chi connectivity index (χ2v) is 4.42. The van der Waals surface area contributed by atoms with Gasteiger partial charge in [-0.1, -0.05) is 12.1 Å². The number of amides is 1. The fourth-order valence-electron chi connectivity index (χ4n) is 1.67. The molecule has 1 rings (SSSR count). The lowest BCUT2D eigenvalue weighted by Crippen LogP contribution is -2.35. The number of carbonyl (C=O) groups is 1. The van der Waals surface area contributed by atoms with Gasteiger partial charge in [0.15, 0.2) is 0 Å². The predicted molar refractivity (Wildman–Crippen MR) is 72.4 cm³/mol. The van der Waals surface area contributed by atoms with E-state index in [9.17, 15) is 4.79 Å². The van der Waals surface area contributed by atoms with E-state index < -0.39 is 0 Å². The minimum absolute atomic E-state index is 0.0278. The van der Waals surface area contributed by atoms with Gasteiger partial charge in [-0.3, -0.25) is 4.79 Å². The summed E-state index contributed by atoms with van der Waals surface area (Å²) >= 11 is 0. The van der Waals surface area contributed by atoms with E-state index >= 15 is 0 Å². The molecule has 0 aromatic heterocycles. The third-order valence-corrected chi connectivity index (χ3v) is 2.58. The molecule has 1 amide bonds. The van der Waals surface area contributed by atoms with Crippen molar-refractivity contribution in [2.45, 2.75) is 33.4 Å². The van der Waals surface area contributed by atoms with Gasteiger partial charge in [-0.25, -0.2) is 0 Å². The van der Waals surface area contributed by atoms with Gasteiger partial charge in [-0.15, -0.1) is 0 Å². The quantitative estimate of drug-likeness (QED) is 0.837. The van der Waals surface area contributed by atoms with Crippen molar-refractivity contribution in [2.75, 3.05) is 13.1 Å². The number of nitrogens with two attached hydrogens (primary N) is 1. The number of nitrogens with zero attached hydrogens (tertiary/aromatic N) is 1. The maximum atomic E-state index is 11.5. The molecular weight excluding hydrogens is 228 g/mol. The fraction of sp³-hybridized carbons (Fsp3) is 0.500. The molecule has 100 valence electrons. The zero-order valence-electron chi connectivity index (χ0n) is 11.3. The Balaban J connectivity index is 2.64. The summed E-state index contributed by atoms with van der Waals surface area (Å²) < 4.78 is 5.57. The van der Waals surface area contributed by atoms with Crippen molar-refractivity contribution in [2.24, 2.45) is 5.73 Å². The highest BCUT2D eigenvalue weighted by atomic mass is 16.5. The number of rotatable bonds is 6. The van der Waals surface area contributed by atoms with Gasteiger partial charge in [0.05, 0.1) is 12.6 Å². The average molecular weight is 250 g/mol. The smallest absolute Gasteiger partial charge is 0.236 e. The Morgan fingerprint density at radius 1 is 1.33 bits per heavy atom. The molecule has 4 nitrogen and oxygen atoms in total. The number of hydrogen-bond acceptors (Lipinski definition) is 3. The molecule has 0 saturated heterocycles. The zero-order valence-corrected chi connectivity index (χ0v) is 11.3. The summed E-state index contributed by atoms with van der Waals surface area (Å²) in [5.74, 6) is 0.821. The van der Waals surface area contributed by atoms with E-state index in [2.05, 4.69) is 0 Å². The maximum absolute atomic E-state index is 11.5. The van der Waals surface area contributed by atoms with Crippen LogP contribution in [0.15, 0.2) is 24.3 Å². The van der Waals surface area contributed by atoms with Crippen LogP contribution in [0.25, 0.3) is 0 Å². The van der Waals surface area contributed by atoms with Crippen LogP contribution in [0.4, 0.5) is 0 Å². The predicted octanol–water partition coefficient (Wildman–Crippen LogP) is 1.78. The van der Waals surface area contributed by atoms with Crippen LogP contribution < -0.4 is 10.5 Å². The molecule has 0 spiro atoms. The zero-order chi connectivity index (χ0) is 13.5. The lowest BCUT2D eigenvalue weighted by atomic mass is 10.2. The molecule has 1 aromatic carbocycles. The van der Waals surface area contributed by atoms with Gasteiger partial charge in [-0.05, 0) is 38.5 Å². The summed E-state index contributed by atoms with van der Waals surface area (Å²) in [6, 6.07) is 7.81. The van der Waals surface area contributed by atoms with E-state index in [0.29, 0.717) is 13.1 Å². The molecule has 0 aliphatic carbocycles. The van der Waals surface area contributed by atoms with Crippen molar-refractivity contribution in [3.63, 3.8) is 0 Å². The molecule has 2 N–H and O–H groups in total. The van der Waals surface area contributed by atoms with Gasteiger partial charge in [-0.2, -0.15) is 0 Å². The monoisotopic (exact) mass is 250 g/mol. The Kier molecular flexibility index (Phi) is 5.65. The van der Waals surface area contributed by atoms with Crippen molar-refractivity contribution in [1.82, 2.24) is 4.90 Å². The van der Waals surface area contributed by atoms with E-state index in [1.165, 1.54) is 0 Å². The van der Waals surface area contributed by atoms with E-state index in [-0.39, 0.29) is 18.6 Å². The Morgan fingerprint density at radius 3 is 2.39 bits per heavy atom. The van der Waals surface area contributed by atoms with E-state index in [1.54, 1.807) is 4.90 Å². The molecule has 0 bridgehead atoms. The second kappa shape index (κ2) is 7.01. The van der Waals surface area contributed by atoms with Crippen molar-refractivity contribution >= 4 is 5.91 Å². The number of benzene rings is 1. The third-order valence-electron chi connectivity index (χ3n) is 2.58. The van der Waals surface area contributed by atoms with Gasteiger partial charge in [0.25, 0.3) is 0 Å². The molecule has 0 aliphatic rings. The first-order valence-corrected chi connectivity index (χ1v) is 6.30. The van der Waals surface area contributed by atoms with Gasteiger partial charge in [0.1, 0.15) is 5.75 Å². The van der Waals surface area contributed by atoms with E-state index in [1.807, 2.05) is 45.0 Å². The van der Waals surface area contributed by atoms with Crippen LogP contribution in [-0.2, 0) is 11.3 Å². The second-order valence-electron chi connectivity index (χ2n) is 4.42. The van der Waals surface area contributed by atoms with Gasteiger partial charge >= 0.3 is 0 Å². The largest absolute Gasteiger partial charge is 0.491 e. The Morgan fingerprint density at radius 2 is 1.94 bits per heavy atom.